The molecule has 0 aromatic carbocycles. The van der Waals surface area contributed by atoms with Crippen LogP contribution >= 0.6 is 23.1 Å². The van der Waals surface area contributed by atoms with Crippen LogP contribution in [0.1, 0.15) is 41.6 Å². The predicted molar refractivity (Wildman–Crippen MR) is 78.7 cm³/mol. The maximum Gasteiger partial charge on any atom is 0.0525 e. The van der Waals surface area contributed by atoms with Gasteiger partial charge in [-0.15, -0.1) is 23.2 Å². The topological polar surface area (TPSA) is 12.0 Å². The maximum atomic E-state index is 3.54. The summed E-state index contributed by atoms with van der Waals surface area (Å²) in [4.78, 5) is 3.08. The van der Waals surface area contributed by atoms with Crippen molar-refractivity contribution in [1.82, 2.24) is 5.32 Å². The van der Waals surface area contributed by atoms with Gasteiger partial charge in [-0.2, -0.15) is 11.8 Å². The van der Waals surface area contributed by atoms with Crippen molar-refractivity contribution in [3.8, 4) is 11.8 Å². The summed E-state index contributed by atoms with van der Waals surface area (Å²) in [6, 6.07) is 2.82. The highest BCUT2D eigenvalue weighted by Crippen LogP contribution is 2.35. The summed E-state index contributed by atoms with van der Waals surface area (Å²) < 4.78 is 0. The van der Waals surface area contributed by atoms with Gasteiger partial charge in [0.1, 0.15) is 0 Å². The third-order valence-corrected chi connectivity index (χ3v) is 5.28. The molecule has 2 rings (SSSR count). The summed E-state index contributed by atoms with van der Waals surface area (Å²) in [6.45, 7) is 5.09. The van der Waals surface area contributed by atoms with E-state index in [1.54, 1.807) is 10.4 Å². The largest absolute Gasteiger partial charge is 0.309 e. The molecule has 2 heterocycles. The first-order valence-corrected chi connectivity index (χ1v) is 8.14. The Kier molecular flexibility index (Phi) is 4.97. The van der Waals surface area contributed by atoms with Crippen LogP contribution in [0.25, 0.3) is 0 Å². The summed E-state index contributed by atoms with van der Waals surface area (Å²) in [5.74, 6) is 8.68. The van der Waals surface area contributed by atoms with E-state index < -0.39 is 0 Å². The fourth-order valence-corrected chi connectivity index (χ4v) is 4.52. The van der Waals surface area contributed by atoms with Gasteiger partial charge < -0.3 is 5.32 Å². The van der Waals surface area contributed by atoms with Crippen LogP contribution < -0.4 is 5.32 Å². The van der Waals surface area contributed by atoms with Crippen molar-refractivity contribution in [2.24, 2.45) is 0 Å². The van der Waals surface area contributed by atoms with Crippen molar-refractivity contribution < 1.29 is 0 Å². The number of nitrogens with one attached hydrogen (secondary N) is 1. The number of fused-ring (bicyclic) bond motifs is 1. The van der Waals surface area contributed by atoms with E-state index in [-0.39, 0.29) is 0 Å². The molecule has 0 saturated heterocycles. The second-order valence-corrected chi connectivity index (χ2v) is 6.41. The number of rotatable bonds is 4. The van der Waals surface area contributed by atoms with Crippen LogP contribution in [0.4, 0.5) is 0 Å². The quantitative estimate of drug-likeness (QED) is 0.835. The predicted octanol–water partition coefficient (Wildman–Crippen LogP) is 3.60. The Hall–Kier alpha value is -0.430. The van der Waals surface area contributed by atoms with Gasteiger partial charge in [0.25, 0.3) is 0 Å². The molecule has 0 spiro atoms. The van der Waals surface area contributed by atoms with Crippen LogP contribution in [0.15, 0.2) is 6.07 Å². The lowest BCUT2D eigenvalue weighted by Crippen LogP contribution is -2.19. The summed E-state index contributed by atoms with van der Waals surface area (Å²) in [5.41, 5.74) is 1.56. The molecule has 0 aliphatic carbocycles. The lowest BCUT2D eigenvalue weighted by atomic mass is 10.1. The van der Waals surface area contributed by atoms with E-state index in [2.05, 4.69) is 41.9 Å². The van der Waals surface area contributed by atoms with Crippen molar-refractivity contribution in [2.75, 3.05) is 12.3 Å². The molecule has 1 unspecified atom stereocenters. The third kappa shape index (κ3) is 3.28. The van der Waals surface area contributed by atoms with Crippen molar-refractivity contribution in [1.29, 1.82) is 0 Å². The molecule has 3 heteroatoms. The van der Waals surface area contributed by atoms with Gasteiger partial charge >= 0.3 is 0 Å². The van der Waals surface area contributed by atoms with Crippen LogP contribution in [-0.4, -0.2) is 12.3 Å². The highest BCUT2D eigenvalue weighted by molar-refractivity contribution is 7.98. The maximum absolute atomic E-state index is 3.54. The Bertz CT molecular complexity index is 402. The van der Waals surface area contributed by atoms with E-state index in [0.717, 1.165) is 13.0 Å². The number of aryl methyl sites for hydroxylation is 1. The summed E-state index contributed by atoms with van der Waals surface area (Å²) in [7, 11) is 0. The van der Waals surface area contributed by atoms with E-state index >= 15 is 0 Å². The zero-order valence-corrected chi connectivity index (χ0v) is 12.1. The Morgan fingerprint density at radius 2 is 2.41 bits per heavy atom. The van der Waals surface area contributed by atoms with Crippen molar-refractivity contribution in [3.63, 3.8) is 0 Å². The number of thioether (sulfide) groups is 1. The van der Waals surface area contributed by atoms with Crippen LogP contribution in [0.2, 0.25) is 0 Å². The van der Waals surface area contributed by atoms with Gasteiger partial charge in [0.05, 0.1) is 6.04 Å². The third-order valence-electron chi connectivity index (χ3n) is 2.92. The summed E-state index contributed by atoms with van der Waals surface area (Å²) in [6.07, 6.45) is 2.18. The number of hydrogen-bond donors (Lipinski definition) is 1. The van der Waals surface area contributed by atoms with Gasteiger partial charge in [-0.25, -0.2) is 0 Å². The minimum Gasteiger partial charge on any atom is -0.309 e. The second kappa shape index (κ2) is 6.49. The lowest BCUT2D eigenvalue weighted by Gasteiger charge is -2.12. The molecule has 1 aromatic rings. The summed E-state index contributed by atoms with van der Waals surface area (Å²) in [5, 5.41) is 3.54. The van der Waals surface area contributed by atoms with E-state index in [1.165, 1.54) is 22.8 Å². The SMILES string of the molecule is CC#CCC(NCC)c1cc2c(s1)CCSC2. The molecule has 1 atom stereocenters. The fraction of sp³-hybridized carbons (Fsp3) is 0.571. The van der Waals surface area contributed by atoms with Crippen LogP contribution in [0.3, 0.4) is 0 Å². The first-order valence-electron chi connectivity index (χ1n) is 6.17. The van der Waals surface area contributed by atoms with Crippen molar-refractivity contribution in [3.05, 3.63) is 21.4 Å². The van der Waals surface area contributed by atoms with Gasteiger partial charge in [-0.3, -0.25) is 0 Å². The van der Waals surface area contributed by atoms with Crippen LogP contribution in [0.5, 0.6) is 0 Å². The van der Waals surface area contributed by atoms with Gasteiger partial charge in [0, 0.05) is 21.9 Å². The number of thiophene rings is 1. The molecule has 1 aromatic heterocycles. The average molecular weight is 265 g/mol. The fourth-order valence-electron chi connectivity index (χ4n) is 2.07. The molecule has 1 aliphatic heterocycles. The standard InChI is InChI=1S/C14H19NS2/c1-3-5-6-12(15-4-2)14-9-11-10-16-8-7-13(11)17-14/h9,12,15H,4,6-8,10H2,1-2H3. The second-order valence-electron chi connectivity index (χ2n) is 4.14. The molecule has 0 fully saturated rings. The first kappa shape index (κ1) is 13.0. The molecule has 0 bridgehead atoms. The minimum atomic E-state index is 0.424. The highest BCUT2D eigenvalue weighted by Gasteiger charge is 2.18. The Labute approximate surface area is 112 Å². The highest BCUT2D eigenvalue weighted by atomic mass is 32.2. The van der Waals surface area contributed by atoms with Gasteiger partial charge in [-0.1, -0.05) is 6.92 Å². The average Bonchev–Trinajstić information content (AvgIpc) is 2.78. The first-order chi connectivity index (χ1) is 8.35. The van der Waals surface area contributed by atoms with Crippen LogP contribution in [0, 0.1) is 11.8 Å². The Morgan fingerprint density at radius 1 is 1.53 bits per heavy atom. The monoisotopic (exact) mass is 265 g/mol. The van der Waals surface area contributed by atoms with E-state index in [9.17, 15) is 0 Å². The zero-order chi connectivity index (χ0) is 12.1. The lowest BCUT2D eigenvalue weighted by molar-refractivity contribution is 0.573. The molecule has 1 N–H and O–H groups in total. The Morgan fingerprint density at radius 3 is 3.12 bits per heavy atom. The van der Waals surface area contributed by atoms with Crippen molar-refractivity contribution in [2.45, 2.75) is 38.5 Å². The van der Waals surface area contributed by atoms with E-state index in [1.807, 2.05) is 18.3 Å². The molecule has 1 nitrogen and oxygen atoms in total. The molecule has 0 radical (unpaired) electrons. The van der Waals surface area contributed by atoms with Crippen molar-refractivity contribution >= 4 is 23.1 Å². The normalized spacial score (nSPS) is 15.9. The van der Waals surface area contributed by atoms with E-state index in [4.69, 9.17) is 0 Å². The van der Waals surface area contributed by atoms with E-state index in [0.29, 0.717) is 6.04 Å². The summed E-state index contributed by atoms with van der Waals surface area (Å²) >= 11 is 4.04. The molecular weight excluding hydrogens is 246 g/mol. The smallest absolute Gasteiger partial charge is 0.0525 e. The number of hydrogen-bond acceptors (Lipinski definition) is 3. The zero-order valence-electron chi connectivity index (χ0n) is 10.5. The van der Waals surface area contributed by atoms with Gasteiger partial charge in [-0.05, 0) is 37.3 Å². The van der Waals surface area contributed by atoms with Crippen LogP contribution in [-0.2, 0) is 12.2 Å². The molecule has 1 aliphatic rings. The molecule has 92 valence electrons. The molecular formula is C14H19NS2. The molecule has 17 heavy (non-hydrogen) atoms. The van der Waals surface area contributed by atoms with Gasteiger partial charge in [0.15, 0.2) is 0 Å². The minimum absolute atomic E-state index is 0.424. The molecule has 0 saturated carbocycles. The van der Waals surface area contributed by atoms with Gasteiger partial charge in [0.2, 0.25) is 0 Å². The molecule has 0 amide bonds. The Balaban J connectivity index is 2.16.